The molecule has 0 radical (unpaired) electrons. The summed E-state index contributed by atoms with van der Waals surface area (Å²) >= 11 is 1.21. The third-order valence-electron chi connectivity index (χ3n) is 4.13. The lowest BCUT2D eigenvalue weighted by Crippen LogP contribution is -2.26. The molecule has 2 rings (SSSR count). The molecule has 0 spiro atoms. The maximum absolute atomic E-state index is 10.6. The molecule has 1 aromatic rings. The molecule has 1 aromatic heterocycles. The van der Waals surface area contributed by atoms with Gasteiger partial charge in [0.1, 0.15) is 0 Å². The molecule has 19 heavy (non-hydrogen) atoms. The monoisotopic (exact) mass is 282 g/mol. The Bertz CT molecular complexity index is 411. The van der Waals surface area contributed by atoms with Gasteiger partial charge < -0.3 is 5.32 Å². The van der Waals surface area contributed by atoms with Gasteiger partial charge in [-0.15, -0.1) is 0 Å². The number of rotatable bonds is 6. The van der Waals surface area contributed by atoms with Crippen LogP contribution in [0.5, 0.6) is 0 Å². The van der Waals surface area contributed by atoms with E-state index in [0.29, 0.717) is 0 Å². The number of nitro groups is 1. The number of hydrogen-bond acceptors (Lipinski definition) is 4. The quantitative estimate of drug-likeness (QED) is 0.634. The predicted molar refractivity (Wildman–Crippen MR) is 78.4 cm³/mol. The molecule has 5 heteroatoms. The molecular formula is C14H22N2O2S. The third kappa shape index (κ3) is 4.28. The minimum absolute atomic E-state index is 0.236. The summed E-state index contributed by atoms with van der Waals surface area (Å²) in [6.07, 6.45) is 6.71. The second kappa shape index (κ2) is 7.01. The fourth-order valence-electron chi connectivity index (χ4n) is 2.82. The van der Waals surface area contributed by atoms with Gasteiger partial charge in [0.2, 0.25) is 0 Å². The average Bonchev–Trinajstić information content (AvgIpc) is 2.89. The molecule has 0 saturated heterocycles. The van der Waals surface area contributed by atoms with Gasteiger partial charge in [-0.2, -0.15) is 0 Å². The van der Waals surface area contributed by atoms with Crippen LogP contribution in [0.1, 0.15) is 44.6 Å². The summed E-state index contributed by atoms with van der Waals surface area (Å²) in [4.78, 5) is 10.3. The lowest BCUT2D eigenvalue weighted by Gasteiger charge is -2.27. The molecule has 0 aliphatic heterocycles. The molecule has 0 atom stereocenters. The minimum atomic E-state index is -0.319. The smallest absolute Gasteiger partial charge is 0.312 e. The Hall–Kier alpha value is -0.940. The third-order valence-corrected chi connectivity index (χ3v) is 5.05. The van der Waals surface area contributed by atoms with E-state index in [9.17, 15) is 10.1 Å². The molecule has 4 nitrogen and oxygen atoms in total. The van der Waals surface area contributed by atoms with Gasteiger partial charge in [-0.05, 0) is 36.8 Å². The Kier molecular flexibility index (Phi) is 5.34. The second-order valence-electron chi connectivity index (χ2n) is 5.48. The molecule has 1 heterocycles. The summed E-state index contributed by atoms with van der Waals surface area (Å²) in [5.41, 5.74) is 1.03. The van der Waals surface area contributed by atoms with Crippen LogP contribution in [0.15, 0.2) is 11.4 Å². The molecule has 1 aliphatic rings. The van der Waals surface area contributed by atoms with Crippen molar-refractivity contribution in [2.45, 2.75) is 45.6 Å². The summed E-state index contributed by atoms with van der Waals surface area (Å²) in [6.45, 7) is 4.07. The SMILES string of the molecule is CCC1CCC(CNCc2csc([N+](=O)[O-])c2)CC1. The van der Waals surface area contributed by atoms with Crippen molar-refractivity contribution in [1.29, 1.82) is 0 Å². The zero-order chi connectivity index (χ0) is 13.7. The Morgan fingerprint density at radius 2 is 2.05 bits per heavy atom. The van der Waals surface area contributed by atoms with Crippen molar-refractivity contribution in [2.24, 2.45) is 11.8 Å². The van der Waals surface area contributed by atoms with E-state index in [2.05, 4.69) is 12.2 Å². The van der Waals surface area contributed by atoms with Gasteiger partial charge in [0.15, 0.2) is 0 Å². The van der Waals surface area contributed by atoms with Crippen molar-refractivity contribution in [3.8, 4) is 0 Å². The number of nitrogens with zero attached hydrogens (tertiary/aromatic N) is 1. The number of hydrogen-bond donors (Lipinski definition) is 1. The van der Waals surface area contributed by atoms with Gasteiger partial charge in [-0.3, -0.25) is 10.1 Å². The van der Waals surface area contributed by atoms with Crippen molar-refractivity contribution in [3.05, 3.63) is 27.1 Å². The zero-order valence-corrected chi connectivity index (χ0v) is 12.2. The lowest BCUT2D eigenvalue weighted by atomic mass is 9.81. The van der Waals surface area contributed by atoms with Crippen molar-refractivity contribution in [3.63, 3.8) is 0 Å². The largest absolute Gasteiger partial charge is 0.324 e. The van der Waals surface area contributed by atoms with Gasteiger partial charge in [0.05, 0.1) is 4.92 Å². The standard InChI is InChI=1S/C14H22N2O2S/c1-2-11-3-5-12(6-4-11)8-15-9-13-7-14(16(17)18)19-10-13/h7,10-12,15H,2-6,8-9H2,1H3. The normalized spacial score (nSPS) is 23.4. The molecule has 0 aromatic carbocycles. The topological polar surface area (TPSA) is 55.2 Å². The van der Waals surface area contributed by atoms with E-state index < -0.39 is 0 Å². The van der Waals surface area contributed by atoms with E-state index in [4.69, 9.17) is 0 Å². The predicted octanol–water partition coefficient (Wildman–Crippen LogP) is 3.96. The molecule has 1 saturated carbocycles. The van der Waals surface area contributed by atoms with Gasteiger partial charge in [-0.1, -0.05) is 37.5 Å². The van der Waals surface area contributed by atoms with E-state index in [1.807, 2.05) is 5.38 Å². The van der Waals surface area contributed by atoms with Crippen molar-refractivity contribution in [1.82, 2.24) is 5.32 Å². The molecule has 0 amide bonds. The van der Waals surface area contributed by atoms with Crippen molar-refractivity contribution in [2.75, 3.05) is 6.54 Å². The van der Waals surface area contributed by atoms with E-state index in [0.717, 1.165) is 30.5 Å². The van der Waals surface area contributed by atoms with E-state index in [-0.39, 0.29) is 9.92 Å². The molecule has 106 valence electrons. The summed E-state index contributed by atoms with van der Waals surface area (Å²) in [7, 11) is 0. The molecular weight excluding hydrogens is 260 g/mol. The van der Waals surface area contributed by atoms with Crippen LogP contribution < -0.4 is 5.32 Å². The highest BCUT2D eigenvalue weighted by atomic mass is 32.1. The Morgan fingerprint density at radius 1 is 1.37 bits per heavy atom. The van der Waals surface area contributed by atoms with Crippen LogP contribution in [0.4, 0.5) is 5.00 Å². The van der Waals surface area contributed by atoms with Crippen LogP contribution in [0.25, 0.3) is 0 Å². The first kappa shape index (κ1) is 14.5. The van der Waals surface area contributed by atoms with Crippen LogP contribution in [0.3, 0.4) is 0 Å². The van der Waals surface area contributed by atoms with Crippen molar-refractivity contribution < 1.29 is 4.92 Å². The number of nitrogens with one attached hydrogen (secondary N) is 1. The first-order chi connectivity index (χ1) is 9.19. The summed E-state index contributed by atoms with van der Waals surface area (Å²) in [5, 5.41) is 16.1. The molecule has 1 fully saturated rings. The summed E-state index contributed by atoms with van der Waals surface area (Å²) in [5.74, 6) is 1.73. The fourth-order valence-corrected chi connectivity index (χ4v) is 3.54. The van der Waals surface area contributed by atoms with Crippen LogP contribution in [-0.2, 0) is 6.54 Å². The van der Waals surface area contributed by atoms with E-state index >= 15 is 0 Å². The lowest BCUT2D eigenvalue weighted by molar-refractivity contribution is -0.380. The highest BCUT2D eigenvalue weighted by Gasteiger charge is 2.19. The molecule has 0 unspecified atom stereocenters. The summed E-state index contributed by atoms with van der Waals surface area (Å²) in [6, 6.07) is 1.67. The van der Waals surface area contributed by atoms with E-state index in [1.54, 1.807) is 6.07 Å². The highest BCUT2D eigenvalue weighted by Crippen LogP contribution is 2.30. The Morgan fingerprint density at radius 3 is 2.63 bits per heavy atom. The maximum Gasteiger partial charge on any atom is 0.324 e. The first-order valence-electron chi connectivity index (χ1n) is 7.11. The van der Waals surface area contributed by atoms with Crippen LogP contribution in [0, 0.1) is 22.0 Å². The van der Waals surface area contributed by atoms with Crippen LogP contribution in [0.2, 0.25) is 0 Å². The Labute approximate surface area is 118 Å². The van der Waals surface area contributed by atoms with Gasteiger partial charge in [0, 0.05) is 18.0 Å². The van der Waals surface area contributed by atoms with Crippen LogP contribution >= 0.6 is 11.3 Å². The molecule has 1 N–H and O–H groups in total. The fraction of sp³-hybridized carbons (Fsp3) is 0.714. The highest BCUT2D eigenvalue weighted by molar-refractivity contribution is 7.13. The molecule has 1 aliphatic carbocycles. The number of thiophene rings is 1. The first-order valence-corrected chi connectivity index (χ1v) is 7.99. The zero-order valence-electron chi connectivity index (χ0n) is 11.4. The maximum atomic E-state index is 10.6. The minimum Gasteiger partial charge on any atom is -0.312 e. The second-order valence-corrected chi connectivity index (χ2v) is 6.37. The van der Waals surface area contributed by atoms with E-state index in [1.165, 1.54) is 43.4 Å². The summed E-state index contributed by atoms with van der Waals surface area (Å²) < 4.78 is 0. The Balaban J connectivity index is 1.67. The average molecular weight is 282 g/mol. The molecule has 0 bridgehead atoms. The van der Waals surface area contributed by atoms with Gasteiger partial charge in [0.25, 0.3) is 0 Å². The van der Waals surface area contributed by atoms with Gasteiger partial charge >= 0.3 is 5.00 Å². The van der Waals surface area contributed by atoms with Crippen LogP contribution in [-0.4, -0.2) is 11.5 Å². The van der Waals surface area contributed by atoms with Gasteiger partial charge in [-0.25, -0.2) is 0 Å². The van der Waals surface area contributed by atoms with Crippen molar-refractivity contribution >= 4 is 16.3 Å².